The molecule has 1 aromatic carbocycles. The summed E-state index contributed by atoms with van der Waals surface area (Å²) in [7, 11) is 1.35. The second kappa shape index (κ2) is 31.6. The summed E-state index contributed by atoms with van der Waals surface area (Å²) in [5, 5.41) is 16.8. The number of anilines is 2. The Labute approximate surface area is 543 Å². The molecule has 7 heterocycles. The van der Waals surface area contributed by atoms with Crippen molar-refractivity contribution in [1.82, 2.24) is 59.9 Å². The fraction of sp³-hybridized carbons (Fsp3) is 0.547. The van der Waals surface area contributed by atoms with Gasteiger partial charge in [0.2, 0.25) is 17.8 Å². The first kappa shape index (κ1) is 72.0. The van der Waals surface area contributed by atoms with E-state index < -0.39 is 142 Å². The van der Waals surface area contributed by atoms with Crippen molar-refractivity contribution in [2.75, 3.05) is 58.0 Å². The van der Waals surface area contributed by atoms with E-state index in [1.165, 1.54) is 24.9 Å². The van der Waals surface area contributed by atoms with Crippen LogP contribution in [0.5, 0.6) is 0 Å². The Morgan fingerprint density at radius 3 is 2.16 bits per heavy atom. The minimum Gasteiger partial charge on any atom is -0.481 e. The number of hydrogen-bond acceptors (Lipinski definition) is 27. The van der Waals surface area contributed by atoms with E-state index in [4.69, 9.17) is 87.7 Å². The van der Waals surface area contributed by atoms with Gasteiger partial charge in [0.25, 0.3) is 5.56 Å². The van der Waals surface area contributed by atoms with Crippen LogP contribution in [0, 0.1) is 17.8 Å². The molecule has 0 saturated carbocycles. The molecule has 3 aliphatic heterocycles. The lowest BCUT2D eigenvalue weighted by atomic mass is 9.88. The van der Waals surface area contributed by atoms with Gasteiger partial charge in [-0.05, 0) is 53.5 Å². The van der Waals surface area contributed by atoms with Crippen LogP contribution in [0.1, 0.15) is 76.5 Å². The number of aliphatic carboxylic acids is 1. The normalized spacial score (nSPS) is 24.7. The number of aromatic amines is 1. The van der Waals surface area contributed by atoms with Gasteiger partial charge in [0, 0.05) is 51.7 Å². The summed E-state index contributed by atoms with van der Waals surface area (Å²) in [6.45, 7) is -6.66. The average Bonchev–Trinajstić information content (AvgIpc) is 1.61. The first-order valence-corrected chi connectivity index (χ1v) is 34.2. The van der Waals surface area contributed by atoms with Gasteiger partial charge in [-0.3, -0.25) is 51.9 Å². The Balaban J connectivity index is 0.862. The van der Waals surface area contributed by atoms with Gasteiger partial charge in [-0.1, -0.05) is 45.0 Å². The predicted octanol–water partition coefficient (Wildman–Crippen LogP) is 1.19. The SMILES string of the molecule is CC(CC(=O)NCCC(=O)C[C@H](C(=O)N[C@@H](CCCNC(N)=O)C(=O)Cc1ccc(COC(=O)N(C)CCOC(=O)O[C@@H]2[C@@H]3OP(O)(=S)OC[C@H]4O[C@@H](n5cnc6c(=O)[nH]c(N)nc65)[C@H](F)[C@@H]4OP(O)(=S)OC[C@H]3O[C@H]2n2cnc3c(N)ncnc32)cc1)C(C)C)C(=O)O. The third kappa shape index (κ3) is 18.8. The first-order valence-electron chi connectivity index (χ1n) is 29.1. The van der Waals surface area contributed by atoms with Crippen molar-refractivity contribution in [3.05, 3.63) is 64.7 Å². The number of H-pyrrole nitrogens is 1. The number of Topliss-reactive ketones (excluding diaryl/α,β-unsaturated/α-hetero) is 2. The number of carboxylic acids is 1. The number of ketones is 2. The molecule has 0 radical (unpaired) electrons. The van der Waals surface area contributed by atoms with E-state index in [0.29, 0.717) is 11.1 Å². The van der Waals surface area contributed by atoms with Crippen molar-refractivity contribution in [3.63, 3.8) is 0 Å². The largest absolute Gasteiger partial charge is 0.508 e. The fourth-order valence-electron chi connectivity index (χ4n) is 10.1. The average molecular weight is 1400 g/mol. The number of nitrogens with zero attached hydrogens (tertiary/aromatic N) is 8. The van der Waals surface area contributed by atoms with Crippen LogP contribution in [0.4, 0.5) is 30.5 Å². The maximum atomic E-state index is 16.5. The number of likely N-dealkylation sites (N-methyl/N-ethyl adjacent to an activating group) is 1. The number of benzene rings is 1. The molecule has 36 nitrogen and oxygen atoms in total. The number of halogens is 1. The molecule has 512 valence electrons. The Morgan fingerprint density at radius 1 is 0.851 bits per heavy atom. The highest BCUT2D eigenvalue weighted by Gasteiger charge is 2.55. The van der Waals surface area contributed by atoms with Crippen LogP contribution >= 0.6 is 13.4 Å². The fourth-order valence-corrected chi connectivity index (χ4v) is 13.0. The van der Waals surface area contributed by atoms with Crippen LogP contribution in [0.15, 0.2) is 48.0 Å². The van der Waals surface area contributed by atoms with Gasteiger partial charge in [0.1, 0.15) is 55.3 Å². The quantitative estimate of drug-likeness (QED) is 0.0211. The molecule has 41 heteroatoms. The van der Waals surface area contributed by atoms with Crippen LogP contribution in [-0.4, -0.2) is 196 Å². The van der Waals surface area contributed by atoms with Crippen molar-refractivity contribution in [3.8, 4) is 0 Å². The van der Waals surface area contributed by atoms with E-state index in [-0.39, 0.29) is 116 Å². The number of nitrogens with two attached hydrogens (primary N) is 3. The number of urea groups is 1. The zero-order valence-corrected chi connectivity index (χ0v) is 54.2. The molecule has 94 heavy (non-hydrogen) atoms. The van der Waals surface area contributed by atoms with Gasteiger partial charge in [0.15, 0.2) is 53.1 Å². The number of alkyl halides is 1. The molecule has 5 amide bonds. The summed E-state index contributed by atoms with van der Waals surface area (Å²) in [5.41, 5.74) is 17.1. The monoisotopic (exact) mass is 1400 g/mol. The molecule has 4 aromatic heterocycles. The number of carboxylic acid groups (broad SMARTS) is 1. The minimum absolute atomic E-state index is 0.0399. The van der Waals surface area contributed by atoms with Gasteiger partial charge in [-0.2, -0.15) is 4.98 Å². The number of primary amides is 1. The van der Waals surface area contributed by atoms with Crippen molar-refractivity contribution >= 4 is 119 Å². The Kier molecular flexibility index (Phi) is 24.2. The van der Waals surface area contributed by atoms with Crippen LogP contribution in [0.3, 0.4) is 0 Å². The number of nitrogen functional groups attached to an aromatic ring is 2. The smallest absolute Gasteiger partial charge is 0.481 e. The number of hydrogen-bond donors (Lipinski definition) is 10. The van der Waals surface area contributed by atoms with Crippen LogP contribution in [-0.2, 0) is 102 Å². The number of amides is 5. The minimum atomic E-state index is -4.55. The number of imidazole rings is 2. The Morgan fingerprint density at radius 2 is 1.49 bits per heavy atom. The number of carbonyl (C=O) groups is 8. The highest BCUT2D eigenvalue weighted by molar-refractivity contribution is 8.07. The highest BCUT2D eigenvalue weighted by atomic mass is 32.5. The summed E-state index contributed by atoms with van der Waals surface area (Å²) >= 11 is 10.8. The number of carbonyl (C=O) groups excluding carboxylic acids is 7. The lowest BCUT2D eigenvalue weighted by molar-refractivity contribution is -0.143. The maximum absolute atomic E-state index is 16.5. The zero-order valence-electron chi connectivity index (χ0n) is 50.8. The molecule has 0 aliphatic carbocycles. The summed E-state index contributed by atoms with van der Waals surface area (Å²) in [5.74, 6) is -5.40. The Hall–Kier alpha value is -7.81. The van der Waals surface area contributed by atoms with Gasteiger partial charge >= 0.3 is 37.7 Å². The van der Waals surface area contributed by atoms with Crippen molar-refractivity contribution in [2.24, 2.45) is 23.5 Å². The van der Waals surface area contributed by atoms with E-state index >= 15 is 4.39 Å². The van der Waals surface area contributed by atoms with Crippen LogP contribution < -0.4 is 38.7 Å². The van der Waals surface area contributed by atoms with Gasteiger partial charge in [-0.25, -0.2) is 38.7 Å². The number of aromatic nitrogens is 8. The van der Waals surface area contributed by atoms with Gasteiger partial charge in [0.05, 0.1) is 44.4 Å². The van der Waals surface area contributed by atoms with E-state index in [1.807, 2.05) is 0 Å². The molecule has 3 aliphatic rings. The topological polar surface area (TPSA) is 505 Å². The maximum Gasteiger partial charge on any atom is 0.508 e. The van der Waals surface area contributed by atoms with Gasteiger partial charge < -0.3 is 85.7 Å². The molecular weight excluding hydrogens is 1330 g/mol. The molecule has 5 aromatic rings. The van der Waals surface area contributed by atoms with Gasteiger partial charge in [-0.15, -0.1) is 0 Å². The zero-order chi connectivity index (χ0) is 68.3. The molecule has 0 spiro atoms. The lowest BCUT2D eigenvalue weighted by Crippen LogP contribution is -2.46. The third-order valence-corrected chi connectivity index (χ3v) is 18.2. The van der Waals surface area contributed by atoms with Crippen LogP contribution in [0.2, 0.25) is 0 Å². The second-order valence-corrected chi connectivity index (χ2v) is 27.9. The predicted molar refractivity (Wildman–Crippen MR) is 330 cm³/mol. The van der Waals surface area contributed by atoms with Crippen LogP contribution in [0.25, 0.3) is 22.3 Å². The number of ether oxygens (including phenoxy) is 5. The summed E-state index contributed by atoms with van der Waals surface area (Å²) in [4.78, 5) is 161. The molecule has 3 saturated heterocycles. The summed E-state index contributed by atoms with van der Waals surface area (Å²) in [6.07, 6.45) is -12.6. The molecule has 8 rings (SSSR count). The third-order valence-electron chi connectivity index (χ3n) is 15.1. The number of fused-ring (bicyclic) bond motifs is 4. The molecule has 13 atom stereocenters. The molecule has 0 bridgehead atoms. The number of rotatable bonds is 26. The molecular formula is C53H70FN15O21P2S2. The molecule has 3 unspecified atom stereocenters. The molecule has 13 N–H and O–H groups in total. The van der Waals surface area contributed by atoms with Crippen molar-refractivity contribution in [1.29, 1.82) is 0 Å². The van der Waals surface area contributed by atoms with Crippen molar-refractivity contribution < 1.29 is 99.4 Å². The van der Waals surface area contributed by atoms with Crippen molar-refractivity contribution in [2.45, 2.75) is 121 Å². The highest BCUT2D eigenvalue weighted by Crippen LogP contribution is 2.55. The molecule has 3 fully saturated rings. The number of nitrogens with one attached hydrogen (secondary N) is 4. The van der Waals surface area contributed by atoms with E-state index in [1.54, 1.807) is 38.1 Å². The summed E-state index contributed by atoms with van der Waals surface area (Å²) in [6, 6.07) is 4.65. The van der Waals surface area contributed by atoms with E-state index in [0.717, 1.165) is 22.1 Å². The first-order chi connectivity index (χ1) is 44.5. The second-order valence-electron chi connectivity index (χ2n) is 22.3. The van der Waals surface area contributed by atoms with E-state index in [2.05, 4.69) is 45.9 Å². The van der Waals surface area contributed by atoms with E-state index in [9.17, 15) is 52.9 Å². The standard InChI is InChI=1S/C53H70FN15O21P2S2/c1-25(2)30(18-29(70)11-13-58-35(72)16-26(3)49(75)76)45(73)64-31(6-5-12-59-51(57)77)32(71)17-27-7-9-28(10-8-27)19-83-52(78)67(4)14-15-82-53(79)88-41-40-34(87-48(41)68-23-62-37-42(55)60-22-61-43(37)68)21-85-91(80,93)89-39-33(20-84-92(81,94)90-40)86-47(36(39)54)69-24-63-38-44(69)65-50(56)66-46(38)74/h7-10,22-26,30-31,33-34,36,39-41,47-48H,5-6,11-21H2,1-4H3,(H,58,72)(H,64,73)(H,75,76)(H,80,93)(H,81,94)(H2,55,60,61)(H3,57,59,77)(H3,56,65,66,74)/t26?,30-,31-,33+,34+,36+,39+,40+,41+,47+,48+,91?,92?/m0/s1. The lowest BCUT2D eigenvalue weighted by Gasteiger charge is -2.30. The summed E-state index contributed by atoms with van der Waals surface area (Å²) < 4.78 is 70.9. The Bertz CT molecular complexity index is 3780.